The lowest BCUT2D eigenvalue weighted by Gasteiger charge is -2.07. The van der Waals surface area contributed by atoms with Crippen LogP contribution in [0.15, 0.2) is 55.1 Å². The van der Waals surface area contributed by atoms with Gasteiger partial charge in [0, 0.05) is 17.4 Å². The molecule has 0 aliphatic rings. The maximum absolute atomic E-state index is 5.92. The molecule has 0 amide bonds. The van der Waals surface area contributed by atoms with Gasteiger partial charge in [-0.05, 0) is 18.2 Å². The number of hydrogen-bond acceptors (Lipinski definition) is 4. The Kier molecular flexibility index (Phi) is 2.49. The van der Waals surface area contributed by atoms with Gasteiger partial charge in [0.1, 0.15) is 6.33 Å². The Morgan fingerprint density at radius 1 is 1.06 bits per heavy atom. The summed E-state index contributed by atoms with van der Waals surface area (Å²) in [6.07, 6.45) is 4.97. The Morgan fingerprint density at radius 3 is 2.67 bits per heavy atom. The largest absolute Gasteiger partial charge is 0.397 e. The maximum atomic E-state index is 5.92. The number of hydrogen-bond donors (Lipinski definition) is 1. The summed E-state index contributed by atoms with van der Waals surface area (Å²) in [5.74, 6) is 0.709. The molecule has 2 aromatic heterocycles. The van der Waals surface area contributed by atoms with Gasteiger partial charge in [-0.2, -0.15) is 0 Å². The highest BCUT2D eigenvalue weighted by atomic mass is 15.3. The number of nitrogens with two attached hydrogens (primary N) is 1. The number of nitrogen functional groups attached to an aromatic ring is 1. The van der Waals surface area contributed by atoms with E-state index in [-0.39, 0.29) is 0 Å². The predicted octanol–water partition coefficient (Wildman–Crippen LogP) is 1.91. The SMILES string of the molecule is Nc1cnccc1-c1nncn1-c1ccccc1. The van der Waals surface area contributed by atoms with E-state index in [1.807, 2.05) is 41.0 Å². The molecule has 0 unspecified atom stereocenters. The van der Waals surface area contributed by atoms with Crippen LogP contribution in [0.2, 0.25) is 0 Å². The summed E-state index contributed by atoms with van der Waals surface area (Å²) in [7, 11) is 0. The summed E-state index contributed by atoms with van der Waals surface area (Å²) in [6, 6.07) is 11.7. The number of rotatable bonds is 2. The molecule has 0 saturated carbocycles. The summed E-state index contributed by atoms with van der Waals surface area (Å²) in [5.41, 5.74) is 8.32. The van der Waals surface area contributed by atoms with E-state index >= 15 is 0 Å². The lowest BCUT2D eigenvalue weighted by molar-refractivity contribution is 1.06. The second-order valence-electron chi connectivity index (χ2n) is 3.82. The van der Waals surface area contributed by atoms with Gasteiger partial charge >= 0.3 is 0 Å². The molecule has 3 aromatic rings. The number of benzene rings is 1. The van der Waals surface area contributed by atoms with Gasteiger partial charge in [0.05, 0.1) is 11.9 Å². The molecule has 0 aliphatic heterocycles. The van der Waals surface area contributed by atoms with Gasteiger partial charge < -0.3 is 5.73 Å². The van der Waals surface area contributed by atoms with Crippen LogP contribution >= 0.6 is 0 Å². The van der Waals surface area contributed by atoms with Crippen molar-refractivity contribution in [1.29, 1.82) is 0 Å². The molecule has 3 rings (SSSR count). The molecule has 0 bridgehead atoms. The van der Waals surface area contributed by atoms with Crippen LogP contribution in [-0.4, -0.2) is 19.7 Å². The van der Waals surface area contributed by atoms with Gasteiger partial charge in [-0.15, -0.1) is 10.2 Å². The average molecular weight is 237 g/mol. The van der Waals surface area contributed by atoms with Crippen molar-refractivity contribution < 1.29 is 0 Å². The third-order valence-electron chi connectivity index (χ3n) is 2.67. The second kappa shape index (κ2) is 4.29. The zero-order valence-electron chi connectivity index (χ0n) is 9.56. The molecular weight excluding hydrogens is 226 g/mol. The first-order chi connectivity index (χ1) is 8.86. The van der Waals surface area contributed by atoms with Gasteiger partial charge in [-0.25, -0.2) is 0 Å². The minimum absolute atomic E-state index is 0.586. The minimum Gasteiger partial charge on any atom is -0.397 e. The number of aromatic nitrogens is 4. The molecule has 18 heavy (non-hydrogen) atoms. The van der Waals surface area contributed by atoms with E-state index in [9.17, 15) is 0 Å². The van der Waals surface area contributed by atoms with Crippen molar-refractivity contribution in [2.24, 2.45) is 0 Å². The third-order valence-corrected chi connectivity index (χ3v) is 2.67. The van der Waals surface area contributed by atoms with E-state index in [0.717, 1.165) is 11.3 Å². The maximum Gasteiger partial charge on any atom is 0.170 e. The highest BCUT2D eigenvalue weighted by molar-refractivity contribution is 5.71. The topological polar surface area (TPSA) is 69.6 Å². The smallest absolute Gasteiger partial charge is 0.170 e. The molecule has 0 aliphatic carbocycles. The molecule has 2 heterocycles. The van der Waals surface area contributed by atoms with Crippen molar-refractivity contribution in [2.75, 3.05) is 5.73 Å². The summed E-state index contributed by atoms with van der Waals surface area (Å²) in [4.78, 5) is 3.97. The molecule has 0 saturated heterocycles. The summed E-state index contributed by atoms with van der Waals surface area (Å²) in [5, 5.41) is 8.08. The van der Waals surface area contributed by atoms with Crippen LogP contribution in [-0.2, 0) is 0 Å². The molecule has 1 aromatic carbocycles. The zero-order chi connectivity index (χ0) is 12.4. The highest BCUT2D eigenvalue weighted by Gasteiger charge is 2.11. The lowest BCUT2D eigenvalue weighted by atomic mass is 10.2. The van der Waals surface area contributed by atoms with E-state index in [1.54, 1.807) is 18.7 Å². The highest BCUT2D eigenvalue weighted by Crippen LogP contribution is 2.24. The first kappa shape index (κ1) is 10.5. The van der Waals surface area contributed by atoms with E-state index in [1.165, 1.54) is 0 Å². The van der Waals surface area contributed by atoms with Gasteiger partial charge in [0.25, 0.3) is 0 Å². The van der Waals surface area contributed by atoms with Crippen LogP contribution in [0.25, 0.3) is 17.1 Å². The average Bonchev–Trinajstić information content (AvgIpc) is 2.89. The Labute approximate surface area is 104 Å². The van der Waals surface area contributed by atoms with Crippen LogP contribution in [0.3, 0.4) is 0 Å². The first-order valence-electron chi connectivity index (χ1n) is 5.51. The van der Waals surface area contributed by atoms with E-state index in [2.05, 4.69) is 15.2 Å². The molecule has 2 N–H and O–H groups in total. The predicted molar refractivity (Wildman–Crippen MR) is 69.0 cm³/mol. The van der Waals surface area contributed by atoms with E-state index in [0.29, 0.717) is 11.5 Å². The fourth-order valence-electron chi connectivity index (χ4n) is 1.81. The van der Waals surface area contributed by atoms with Gasteiger partial charge in [0.2, 0.25) is 0 Å². The standard InChI is InChI=1S/C13H11N5/c14-12-8-15-7-6-11(12)13-17-16-9-18(13)10-4-2-1-3-5-10/h1-9H,14H2. The summed E-state index contributed by atoms with van der Waals surface area (Å²) in [6.45, 7) is 0. The van der Waals surface area contributed by atoms with Crippen molar-refractivity contribution in [3.63, 3.8) is 0 Å². The fourth-order valence-corrected chi connectivity index (χ4v) is 1.81. The number of para-hydroxylation sites is 1. The fraction of sp³-hybridized carbons (Fsp3) is 0. The number of pyridine rings is 1. The Balaban J connectivity index is 2.16. The molecule has 5 heteroatoms. The third kappa shape index (κ3) is 1.71. The zero-order valence-corrected chi connectivity index (χ0v) is 9.56. The van der Waals surface area contributed by atoms with Crippen molar-refractivity contribution in [1.82, 2.24) is 19.7 Å². The van der Waals surface area contributed by atoms with Gasteiger partial charge in [0.15, 0.2) is 5.82 Å². The van der Waals surface area contributed by atoms with Gasteiger partial charge in [-0.1, -0.05) is 18.2 Å². The van der Waals surface area contributed by atoms with Crippen LogP contribution in [0, 0.1) is 0 Å². The van der Waals surface area contributed by atoms with Crippen molar-refractivity contribution >= 4 is 5.69 Å². The number of anilines is 1. The van der Waals surface area contributed by atoms with E-state index < -0.39 is 0 Å². The van der Waals surface area contributed by atoms with Gasteiger partial charge in [-0.3, -0.25) is 9.55 Å². The second-order valence-corrected chi connectivity index (χ2v) is 3.82. The van der Waals surface area contributed by atoms with Crippen LogP contribution in [0.4, 0.5) is 5.69 Å². The van der Waals surface area contributed by atoms with Crippen LogP contribution < -0.4 is 5.73 Å². The quantitative estimate of drug-likeness (QED) is 0.739. The van der Waals surface area contributed by atoms with Crippen LogP contribution in [0.1, 0.15) is 0 Å². The first-order valence-corrected chi connectivity index (χ1v) is 5.51. The molecule has 0 spiro atoms. The molecule has 88 valence electrons. The molecule has 5 nitrogen and oxygen atoms in total. The Bertz CT molecular complexity index is 660. The molecule has 0 radical (unpaired) electrons. The Morgan fingerprint density at radius 2 is 1.89 bits per heavy atom. The van der Waals surface area contributed by atoms with Crippen molar-refractivity contribution in [3.8, 4) is 17.1 Å². The summed E-state index contributed by atoms with van der Waals surface area (Å²) < 4.78 is 1.89. The molecular formula is C13H11N5. The van der Waals surface area contributed by atoms with Crippen molar-refractivity contribution in [3.05, 3.63) is 55.1 Å². The number of nitrogens with zero attached hydrogens (tertiary/aromatic N) is 4. The lowest BCUT2D eigenvalue weighted by Crippen LogP contribution is -1.99. The summed E-state index contributed by atoms with van der Waals surface area (Å²) >= 11 is 0. The van der Waals surface area contributed by atoms with E-state index in [4.69, 9.17) is 5.73 Å². The normalized spacial score (nSPS) is 10.4. The van der Waals surface area contributed by atoms with Crippen molar-refractivity contribution in [2.45, 2.75) is 0 Å². The molecule has 0 atom stereocenters. The minimum atomic E-state index is 0.586. The molecule has 0 fully saturated rings. The van der Waals surface area contributed by atoms with Crippen LogP contribution in [0.5, 0.6) is 0 Å². The monoisotopic (exact) mass is 237 g/mol. The Hall–Kier alpha value is -2.69.